The van der Waals surface area contributed by atoms with Crippen LogP contribution >= 0.6 is 11.6 Å². The first-order valence-corrected chi connectivity index (χ1v) is 4.49. The van der Waals surface area contributed by atoms with Gasteiger partial charge in [0.25, 0.3) is 0 Å². The Balaban J connectivity index is 3.04. The number of aromatic nitrogens is 2. The van der Waals surface area contributed by atoms with Crippen molar-refractivity contribution in [2.45, 2.75) is 26.3 Å². The summed E-state index contributed by atoms with van der Waals surface area (Å²) in [5.41, 5.74) is -0.205. The van der Waals surface area contributed by atoms with E-state index < -0.39 is 12.2 Å². The minimum Gasteiger partial charge on any atom is -0.286 e. The minimum atomic E-state index is -3.04. The number of carbonyl (C=O) groups excluding carboxylic acids is 1. The maximum absolute atomic E-state index is 12.1. The summed E-state index contributed by atoms with van der Waals surface area (Å²) < 4.78 is 25.5. The third kappa shape index (κ3) is 2.09. The van der Waals surface area contributed by atoms with Crippen LogP contribution in [-0.2, 0) is 6.54 Å². The number of nitrogens with zero attached hydrogens (tertiary/aromatic N) is 2. The van der Waals surface area contributed by atoms with E-state index in [9.17, 15) is 13.6 Å². The predicted molar refractivity (Wildman–Crippen MR) is 47.9 cm³/mol. The highest BCUT2D eigenvalue weighted by atomic mass is 35.5. The van der Waals surface area contributed by atoms with Crippen molar-refractivity contribution in [3.05, 3.63) is 16.9 Å². The molecule has 0 spiro atoms. The van der Waals surface area contributed by atoms with Gasteiger partial charge in [-0.2, -0.15) is 5.10 Å². The SMILES string of the molecule is CCCn1ncc(Cl)c1C(=O)C(F)F. The van der Waals surface area contributed by atoms with Crippen molar-refractivity contribution in [2.24, 2.45) is 0 Å². The Morgan fingerprint density at radius 2 is 2.36 bits per heavy atom. The summed E-state index contributed by atoms with van der Waals surface area (Å²) in [6, 6.07) is 0. The van der Waals surface area contributed by atoms with Gasteiger partial charge in [0.1, 0.15) is 5.69 Å². The van der Waals surface area contributed by atoms with Gasteiger partial charge in [0, 0.05) is 6.54 Å². The molecule has 0 N–H and O–H groups in total. The largest absolute Gasteiger partial charge is 0.302 e. The number of Topliss-reactive ketones (excluding diaryl/α,β-unsaturated/α-hetero) is 1. The number of alkyl halides is 2. The second kappa shape index (κ2) is 4.50. The molecule has 0 aliphatic heterocycles. The lowest BCUT2D eigenvalue weighted by Crippen LogP contribution is -2.17. The first-order valence-electron chi connectivity index (χ1n) is 4.11. The molecule has 0 aromatic carbocycles. The molecule has 78 valence electrons. The van der Waals surface area contributed by atoms with Gasteiger partial charge in [-0.3, -0.25) is 9.48 Å². The number of carbonyl (C=O) groups is 1. The molecule has 0 amide bonds. The Hall–Kier alpha value is -0.970. The van der Waals surface area contributed by atoms with Gasteiger partial charge in [0.2, 0.25) is 5.78 Å². The lowest BCUT2D eigenvalue weighted by atomic mass is 10.3. The molecular weight excluding hydrogens is 214 g/mol. The molecule has 0 radical (unpaired) electrons. The summed E-state index contributed by atoms with van der Waals surface area (Å²) in [6.45, 7) is 2.26. The van der Waals surface area contributed by atoms with Gasteiger partial charge >= 0.3 is 6.43 Å². The van der Waals surface area contributed by atoms with Gasteiger partial charge < -0.3 is 0 Å². The molecule has 6 heteroatoms. The van der Waals surface area contributed by atoms with Crippen molar-refractivity contribution in [1.82, 2.24) is 9.78 Å². The molecule has 0 bridgehead atoms. The Labute approximate surface area is 84.7 Å². The molecule has 0 unspecified atom stereocenters. The number of aryl methyl sites for hydroxylation is 1. The molecule has 1 rings (SSSR count). The fraction of sp³-hybridized carbons (Fsp3) is 0.500. The van der Waals surface area contributed by atoms with Crippen LogP contribution in [0.15, 0.2) is 6.20 Å². The van der Waals surface area contributed by atoms with Gasteiger partial charge in [-0.15, -0.1) is 0 Å². The molecule has 0 atom stereocenters. The third-order valence-corrected chi connectivity index (χ3v) is 1.94. The highest BCUT2D eigenvalue weighted by molar-refractivity contribution is 6.33. The molecule has 0 saturated carbocycles. The quantitative estimate of drug-likeness (QED) is 0.734. The van der Waals surface area contributed by atoms with Crippen molar-refractivity contribution in [3.63, 3.8) is 0 Å². The van der Waals surface area contributed by atoms with Crippen LogP contribution in [0.25, 0.3) is 0 Å². The Morgan fingerprint density at radius 1 is 1.71 bits per heavy atom. The van der Waals surface area contributed by atoms with Gasteiger partial charge in [0.15, 0.2) is 0 Å². The topological polar surface area (TPSA) is 34.9 Å². The monoisotopic (exact) mass is 222 g/mol. The van der Waals surface area contributed by atoms with Crippen molar-refractivity contribution in [1.29, 1.82) is 0 Å². The van der Waals surface area contributed by atoms with Crippen LogP contribution in [0.4, 0.5) is 8.78 Å². The number of hydrogen-bond acceptors (Lipinski definition) is 2. The molecule has 1 heterocycles. The van der Waals surface area contributed by atoms with E-state index in [-0.39, 0.29) is 10.7 Å². The molecule has 0 fully saturated rings. The summed E-state index contributed by atoms with van der Waals surface area (Å²) in [5, 5.41) is 3.72. The van der Waals surface area contributed by atoms with Crippen molar-refractivity contribution >= 4 is 17.4 Å². The Kier molecular flexibility index (Phi) is 3.57. The van der Waals surface area contributed by atoms with E-state index in [4.69, 9.17) is 11.6 Å². The molecule has 14 heavy (non-hydrogen) atoms. The van der Waals surface area contributed by atoms with Gasteiger partial charge in [-0.25, -0.2) is 8.78 Å². The van der Waals surface area contributed by atoms with Gasteiger partial charge in [-0.05, 0) is 6.42 Å². The maximum Gasteiger partial charge on any atom is 0.302 e. The van der Waals surface area contributed by atoms with E-state index in [1.54, 1.807) is 0 Å². The molecule has 0 saturated heterocycles. The van der Waals surface area contributed by atoms with E-state index in [2.05, 4.69) is 5.10 Å². The van der Waals surface area contributed by atoms with Crippen molar-refractivity contribution < 1.29 is 13.6 Å². The molecule has 3 nitrogen and oxygen atoms in total. The van der Waals surface area contributed by atoms with Crippen LogP contribution in [0.5, 0.6) is 0 Å². The Bertz CT molecular complexity index is 338. The average molecular weight is 223 g/mol. The molecule has 1 aromatic rings. The first-order chi connectivity index (χ1) is 6.57. The summed E-state index contributed by atoms with van der Waals surface area (Å²) in [7, 11) is 0. The molecular formula is C8H9ClF2N2O. The van der Waals surface area contributed by atoms with E-state index in [1.807, 2.05) is 6.92 Å². The van der Waals surface area contributed by atoms with Crippen molar-refractivity contribution in [3.8, 4) is 0 Å². The molecule has 0 aliphatic carbocycles. The Morgan fingerprint density at radius 3 is 2.86 bits per heavy atom. The van der Waals surface area contributed by atoms with Crippen LogP contribution in [0, 0.1) is 0 Å². The van der Waals surface area contributed by atoms with Crippen LogP contribution < -0.4 is 0 Å². The summed E-state index contributed by atoms with van der Waals surface area (Å²) in [5.74, 6) is -1.28. The van der Waals surface area contributed by atoms with E-state index in [0.29, 0.717) is 13.0 Å². The fourth-order valence-electron chi connectivity index (χ4n) is 1.09. The van der Waals surface area contributed by atoms with Crippen LogP contribution in [0.2, 0.25) is 5.02 Å². The summed E-state index contributed by atoms with van der Waals surface area (Å²) in [4.78, 5) is 11.0. The smallest absolute Gasteiger partial charge is 0.286 e. The predicted octanol–water partition coefficient (Wildman–Crippen LogP) is 2.39. The number of hydrogen-bond donors (Lipinski definition) is 0. The fourth-order valence-corrected chi connectivity index (χ4v) is 1.33. The number of halogens is 3. The van der Waals surface area contributed by atoms with E-state index in [1.165, 1.54) is 10.9 Å². The van der Waals surface area contributed by atoms with Gasteiger partial charge in [-0.1, -0.05) is 18.5 Å². The third-order valence-electron chi connectivity index (χ3n) is 1.66. The van der Waals surface area contributed by atoms with E-state index >= 15 is 0 Å². The zero-order valence-electron chi connectivity index (χ0n) is 7.51. The normalized spacial score (nSPS) is 10.9. The number of rotatable bonds is 4. The highest BCUT2D eigenvalue weighted by Gasteiger charge is 2.24. The maximum atomic E-state index is 12.1. The summed E-state index contributed by atoms with van der Waals surface area (Å²) in [6.07, 6.45) is -1.14. The average Bonchev–Trinajstić information content (AvgIpc) is 2.47. The van der Waals surface area contributed by atoms with E-state index in [0.717, 1.165) is 0 Å². The second-order valence-electron chi connectivity index (χ2n) is 2.73. The van der Waals surface area contributed by atoms with Gasteiger partial charge in [0.05, 0.1) is 11.2 Å². The summed E-state index contributed by atoms with van der Waals surface area (Å²) >= 11 is 5.58. The highest BCUT2D eigenvalue weighted by Crippen LogP contribution is 2.18. The minimum absolute atomic E-state index is 0.0243. The van der Waals surface area contributed by atoms with Crippen molar-refractivity contribution in [2.75, 3.05) is 0 Å². The first kappa shape index (κ1) is 11.1. The lowest BCUT2D eigenvalue weighted by molar-refractivity contribution is 0.0666. The molecule has 0 aliphatic rings. The molecule has 1 aromatic heterocycles. The second-order valence-corrected chi connectivity index (χ2v) is 3.14. The zero-order valence-corrected chi connectivity index (χ0v) is 8.26. The lowest BCUT2D eigenvalue weighted by Gasteiger charge is -2.04. The van der Waals surface area contributed by atoms with Crippen LogP contribution in [-0.4, -0.2) is 22.0 Å². The van der Waals surface area contributed by atoms with Crippen LogP contribution in [0.3, 0.4) is 0 Å². The standard InChI is InChI=1S/C8H9ClF2N2O/c1-2-3-13-6(5(9)4-12-13)7(14)8(10)11/h4,8H,2-3H2,1H3. The zero-order chi connectivity index (χ0) is 10.7. The number of ketones is 1. The van der Waals surface area contributed by atoms with Crippen LogP contribution in [0.1, 0.15) is 23.8 Å².